The van der Waals surface area contributed by atoms with Gasteiger partial charge in [0.25, 0.3) is 0 Å². The molecule has 0 saturated carbocycles. The number of ether oxygens (including phenoxy) is 2. The fourth-order valence-electron chi connectivity index (χ4n) is 4.98. The Labute approximate surface area is 156 Å². The van der Waals surface area contributed by atoms with Gasteiger partial charge in [0.1, 0.15) is 11.5 Å². The maximum absolute atomic E-state index is 12.7. The number of methoxy groups -OCH3 is 1. The van der Waals surface area contributed by atoms with Crippen LogP contribution in [0.2, 0.25) is 0 Å². The van der Waals surface area contributed by atoms with Gasteiger partial charge in [-0.3, -0.25) is 9.69 Å². The van der Waals surface area contributed by atoms with Gasteiger partial charge in [0.15, 0.2) is 0 Å². The molecule has 1 amide bonds. The molecule has 3 fully saturated rings. The van der Waals surface area contributed by atoms with E-state index in [0.29, 0.717) is 30.8 Å². The molecule has 1 spiro atoms. The van der Waals surface area contributed by atoms with Crippen molar-refractivity contribution in [1.82, 2.24) is 9.80 Å². The van der Waals surface area contributed by atoms with Crippen molar-refractivity contribution >= 4 is 5.91 Å². The molecule has 0 unspecified atom stereocenters. The van der Waals surface area contributed by atoms with Gasteiger partial charge in [0, 0.05) is 38.4 Å². The van der Waals surface area contributed by atoms with Gasteiger partial charge < -0.3 is 14.4 Å². The van der Waals surface area contributed by atoms with Crippen LogP contribution in [0.25, 0.3) is 0 Å². The van der Waals surface area contributed by atoms with Crippen LogP contribution in [0.4, 0.5) is 0 Å². The van der Waals surface area contributed by atoms with Crippen LogP contribution in [-0.2, 0) is 16.1 Å². The summed E-state index contributed by atoms with van der Waals surface area (Å²) < 4.78 is 11.6. The first-order valence-electron chi connectivity index (χ1n) is 9.85. The van der Waals surface area contributed by atoms with E-state index in [1.807, 2.05) is 12.1 Å². The van der Waals surface area contributed by atoms with Crippen LogP contribution in [0.1, 0.15) is 38.7 Å². The molecule has 5 nitrogen and oxygen atoms in total. The van der Waals surface area contributed by atoms with Crippen molar-refractivity contribution in [2.45, 2.75) is 51.4 Å². The monoisotopic (exact) mass is 358 g/mol. The number of piperidine rings is 2. The SMILES string of the molecule is COc1ccc(CN2CC[C@]34OC[C@H](C(C)C)N3C(=O)CC[C@@H]4C2)cc1. The first kappa shape index (κ1) is 17.8. The van der Waals surface area contributed by atoms with E-state index < -0.39 is 0 Å². The number of carbonyl (C=O) groups is 1. The van der Waals surface area contributed by atoms with Crippen LogP contribution in [0, 0.1) is 11.8 Å². The van der Waals surface area contributed by atoms with E-state index in [-0.39, 0.29) is 11.8 Å². The molecule has 1 aromatic rings. The van der Waals surface area contributed by atoms with Gasteiger partial charge in [-0.1, -0.05) is 26.0 Å². The lowest BCUT2D eigenvalue weighted by Crippen LogP contribution is -2.65. The van der Waals surface area contributed by atoms with Gasteiger partial charge in [0.2, 0.25) is 5.91 Å². The Balaban J connectivity index is 1.48. The van der Waals surface area contributed by atoms with Crippen molar-refractivity contribution in [2.24, 2.45) is 11.8 Å². The van der Waals surface area contributed by atoms with Crippen LogP contribution < -0.4 is 4.74 Å². The Bertz CT molecular complexity index is 660. The molecule has 3 heterocycles. The number of nitrogens with zero attached hydrogens (tertiary/aromatic N) is 2. The molecule has 3 atom stereocenters. The third-order valence-electron chi connectivity index (χ3n) is 6.46. The molecule has 142 valence electrons. The summed E-state index contributed by atoms with van der Waals surface area (Å²) in [6.07, 6.45) is 2.53. The second-order valence-corrected chi connectivity index (χ2v) is 8.30. The smallest absolute Gasteiger partial charge is 0.225 e. The molecule has 0 bridgehead atoms. The summed E-state index contributed by atoms with van der Waals surface area (Å²) in [4.78, 5) is 17.3. The average molecular weight is 358 g/mol. The standard InChI is InChI=1S/C21H30N2O3/c1-15(2)19-14-26-21-10-11-22(12-16-4-7-18(25-3)8-5-16)13-17(21)6-9-20(24)23(19)21/h4-5,7-8,15,17,19H,6,9-14H2,1-3H3/t17-,19-,21-/m1/s1. The molecule has 3 aliphatic heterocycles. The van der Waals surface area contributed by atoms with Gasteiger partial charge in [-0.2, -0.15) is 0 Å². The summed E-state index contributed by atoms with van der Waals surface area (Å²) >= 11 is 0. The molecule has 3 aliphatic rings. The van der Waals surface area contributed by atoms with Crippen LogP contribution in [0.3, 0.4) is 0 Å². The van der Waals surface area contributed by atoms with Gasteiger partial charge in [0.05, 0.1) is 19.8 Å². The first-order chi connectivity index (χ1) is 12.5. The van der Waals surface area contributed by atoms with E-state index in [0.717, 1.165) is 38.2 Å². The van der Waals surface area contributed by atoms with Gasteiger partial charge in [-0.25, -0.2) is 0 Å². The van der Waals surface area contributed by atoms with Crippen molar-refractivity contribution in [1.29, 1.82) is 0 Å². The summed E-state index contributed by atoms with van der Waals surface area (Å²) in [6, 6.07) is 8.56. The minimum absolute atomic E-state index is 0.235. The topological polar surface area (TPSA) is 42.0 Å². The third kappa shape index (κ3) is 2.91. The highest BCUT2D eigenvalue weighted by Crippen LogP contribution is 2.47. The number of hydrogen-bond acceptors (Lipinski definition) is 4. The zero-order chi connectivity index (χ0) is 18.3. The zero-order valence-corrected chi connectivity index (χ0v) is 16.1. The number of benzene rings is 1. The van der Waals surface area contributed by atoms with Crippen LogP contribution in [-0.4, -0.2) is 54.3 Å². The normalized spacial score (nSPS) is 31.8. The Morgan fingerprint density at radius 3 is 2.77 bits per heavy atom. The summed E-state index contributed by atoms with van der Waals surface area (Å²) in [5.41, 5.74) is 0.957. The predicted molar refractivity (Wildman–Crippen MR) is 99.8 cm³/mol. The van der Waals surface area contributed by atoms with Crippen LogP contribution >= 0.6 is 0 Å². The highest BCUT2D eigenvalue weighted by atomic mass is 16.5. The van der Waals surface area contributed by atoms with Crippen molar-refractivity contribution in [3.63, 3.8) is 0 Å². The van der Waals surface area contributed by atoms with Crippen molar-refractivity contribution in [2.75, 3.05) is 26.8 Å². The molecule has 3 saturated heterocycles. The summed E-state index contributed by atoms with van der Waals surface area (Å²) in [5.74, 6) is 2.04. The van der Waals surface area contributed by atoms with E-state index in [2.05, 4.69) is 35.8 Å². The Morgan fingerprint density at radius 2 is 2.08 bits per heavy atom. The maximum Gasteiger partial charge on any atom is 0.225 e. The molecular formula is C21H30N2O3. The Morgan fingerprint density at radius 1 is 1.31 bits per heavy atom. The molecule has 0 N–H and O–H groups in total. The molecular weight excluding hydrogens is 328 g/mol. The second kappa shape index (κ2) is 6.86. The summed E-state index contributed by atoms with van der Waals surface area (Å²) in [5, 5.41) is 0. The maximum atomic E-state index is 12.7. The predicted octanol–water partition coefficient (Wildman–Crippen LogP) is 2.89. The summed E-state index contributed by atoms with van der Waals surface area (Å²) in [6.45, 7) is 8.00. The van der Waals surface area contributed by atoms with Gasteiger partial charge >= 0.3 is 0 Å². The lowest BCUT2D eigenvalue weighted by atomic mass is 9.79. The van der Waals surface area contributed by atoms with Crippen LogP contribution in [0.15, 0.2) is 24.3 Å². The number of rotatable bonds is 4. The number of hydrogen-bond donors (Lipinski definition) is 0. The van der Waals surface area contributed by atoms with Crippen molar-refractivity contribution in [3.8, 4) is 5.75 Å². The van der Waals surface area contributed by atoms with Gasteiger partial charge in [-0.05, 0) is 30.0 Å². The summed E-state index contributed by atoms with van der Waals surface area (Å²) in [7, 11) is 1.70. The van der Waals surface area contributed by atoms with E-state index in [4.69, 9.17) is 9.47 Å². The number of carbonyl (C=O) groups excluding carboxylic acids is 1. The third-order valence-corrected chi connectivity index (χ3v) is 6.46. The van der Waals surface area contributed by atoms with Crippen molar-refractivity contribution < 1.29 is 14.3 Å². The zero-order valence-electron chi connectivity index (χ0n) is 16.1. The lowest BCUT2D eigenvalue weighted by Gasteiger charge is -2.53. The van der Waals surface area contributed by atoms with E-state index in [1.54, 1.807) is 7.11 Å². The number of likely N-dealkylation sites (tertiary alicyclic amines) is 1. The van der Waals surface area contributed by atoms with Crippen LogP contribution in [0.5, 0.6) is 5.75 Å². The second-order valence-electron chi connectivity index (χ2n) is 8.30. The Hall–Kier alpha value is -1.59. The van der Waals surface area contributed by atoms with E-state index in [1.165, 1.54) is 5.56 Å². The van der Waals surface area contributed by atoms with Gasteiger partial charge in [-0.15, -0.1) is 0 Å². The minimum Gasteiger partial charge on any atom is -0.497 e. The molecule has 0 radical (unpaired) electrons. The quantitative estimate of drug-likeness (QED) is 0.830. The highest BCUT2D eigenvalue weighted by molar-refractivity contribution is 5.78. The lowest BCUT2D eigenvalue weighted by molar-refractivity contribution is -0.193. The number of amides is 1. The molecule has 5 heteroatoms. The minimum atomic E-state index is -0.347. The van der Waals surface area contributed by atoms with E-state index in [9.17, 15) is 4.79 Å². The first-order valence-corrected chi connectivity index (χ1v) is 9.85. The molecule has 0 aliphatic carbocycles. The highest BCUT2D eigenvalue weighted by Gasteiger charge is 2.58. The fourth-order valence-corrected chi connectivity index (χ4v) is 4.98. The van der Waals surface area contributed by atoms with Crippen molar-refractivity contribution in [3.05, 3.63) is 29.8 Å². The largest absolute Gasteiger partial charge is 0.497 e. The Kier molecular flexibility index (Phi) is 4.70. The average Bonchev–Trinajstić information content (AvgIpc) is 3.04. The molecule has 1 aromatic carbocycles. The molecule has 26 heavy (non-hydrogen) atoms. The van der Waals surface area contributed by atoms with E-state index >= 15 is 0 Å². The molecule has 0 aromatic heterocycles. The fraction of sp³-hybridized carbons (Fsp3) is 0.667. The molecule has 4 rings (SSSR count).